The molecule has 5 heteroatoms. The molecule has 0 bridgehead atoms. The van der Waals surface area contributed by atoms with Crippen molar-refractivity contribution in [1.82, 2.24) is 0 Å². The topological polar surface area (TPSA) is 22.9 Å². The molecule has 0 spiro atoms. The molecular formula is C68H43N3OS. The Labute approximate surface area is 426 Å². The molecule has 342 valence electrons. The minimum absolute atomic E-state index is 0.884. The molecule has 12 aromatic carbocycles. The number of hydrogen-bond donors (Lipinski definition) is 0. The summed E-state index contributed by atoms with van der Waals surface area (Å²) in [5.74, 6) is 0. The van der Waals surface area contributed by atoms with E-state index in [1.807, 2.05) is 23.5 Å². The number of nitrogens with zero attached hydrogens (tertiary/aromatic N) is 3. The molecule has 0 saturated carbocycles. The van der Waals surface area contributed by atoms with E-state index in [0.29, 0.717) is 0 Å². The second-order valence-corrected chi connectivity index (χ2v) is 19.9. The molecule has 0 atom stereocenters. The Morgan fingerprint density at radius 2 is 0.877 bits per heavy atom. The number of benzene rings is 12. The van der Waals surface area contributed by atoms with Crippen LogP contribution in [0.25, 0.3) is 85.9 Å². The van der Waals surface area contributed by atoms with Gasteiger partial charge in [0, 0.05) is 81.7 Å². The van der Waals surface area contributed by atoms with E-state index in [4.69, 9.17) is 4.42 Å². The van der Waals surface area contributed by atoms with E-state index < -0.39 is 0 Å². The highest BCUT2D eigenvalue weighted by Gasteiger charge is 2.29. The first kappa shape index (κ1) is 41.4. The van der Waals surface area contributed by atoms with E-state index in [-0.39, 0.29) is 0 Å². The molecule has 0 unspecified atom stereocenters. The predicted octanol–water partition coefficient (Wildman–Crippen LogP) is 20.3. The van der Waals surface area contributed by atoms with Crippen LogP contribution < -0.4 is 14.7 Å². The molecule has 1 aliphatic rings. The fourth-order valence-corrected chi connectivity index (χ4v) is 12.5. The molecule has 0 fully saturated rings. The summed E-state index contributed by atoms with van der Waals surface area (Å²) < 4.78 is 8.78. The van der Waals surface area contributed by atoms with Gasteiger partial charge in [-0.3, -0.25) is 0 Å². The highest BCUT2D eigenvalue weighted by Crippen LogP contribution is 2.55. The summed E-state index contributed by atoms with van der Waals surface area (Å²) in [6.07, 6.45) is 0. The lowest BCUT2D eigenvalue weighted by Crippen LogP contribution is -2.15. The number of fused-ring (bicyclic) bond motifs is 10. The van der Waals surface area contributed by atoms with Crippen molar-refractivity contribution in [2.75, 3.05) is 14.7 Å². The Kier molecular flexibility index (Phi) is 9.41. The fraction of sp³-hybridized carbons (Fsp3) is 0. The maximum absolute atomic E-state index is 6.24. The van der Waals surface area contributed by atoms with Crippen molar-refractivity contribution in [3.05, 3.63) is 261 Å². The first-order valence-electron chi connectivity index (χ1n) is 24.8. The highest BCUT2D eigenvalue weighted by molar-refractivity contribution is 7.25. The quantitative estimate of drug-likeness (QED) is 0.151. The summed E-state index contributed by atoms with van der Waals surface area (Å²) in [4.78, 5) is 7.19. The number of anilines is 9. The van der Waals surface area contributed by atoms with Crippen molar-refractivity contribution in [2.24, 2.45) is 0 Å². The summed E-state index contributed by atoms with van der Waals surface area (Å²) in [5.41, 5.74) is 16.7. The summed E-state index contributed by atoms with van der Waals surface area (Å²) in [7, 11) is 0. The van der Waals surface area contributed by atoms with Crippen molar-refractivity contribution in [3.63, 3.8) is 0 Å². The van der Waals surface area contributed by atoms with Crippen LogP contribution in [0.2, 0.25) is 0 Å². The molecular weight excluding hydrogens is 907 g/mol. The van der Waals surface area contributed by atoms with Gasteiger partial charge in [0.1, 0.15) is 11.2 Å². The minimum atomic E-state index is 0.884. The molecule has 0 N–H and O–H groups in total. The van der Waals surface area contributed by atoms with Gasteiger partial charge in [-0.1, -0.05) is 140 Å². The number of hydrogen-bond acceptors (Lipinski definition) is 5. The van der Waals surface area contributed by atoms with Crippen LogP contribution in [0.4, 0.5) is 51.2 Å². The van der Waals surface area contributed by atoms with Crippen LogP contribution in [0.5, 0.6) is 0 Å². The van der Waals surface area contributed by atoms with E-state index in [9.17, 15) is 0 Å². The van der Waals surface area contributed by atoms with Gasteiger partial charge >= 0.3 is 0 Å². The van der Waals surface area contributed by atoms with E-state index in [1.54, 1.807) is 0 Å². The van der Waals surface area contributed by atoms with Crippen LogP contribution >= 0.6 is 11.3 Å². The Morgan fingerprint density at radius 1 is 0.329 bits per heavy atom. The molecule has 3 heterocycles. The maximum Gasteiger partial charge on any atom is 0.135 e. The third kappa shape index (κ3) is 6.67. The van der Waals surface area contributed by atoms with Crippen molar-refractivity contribution in [3.8, 4) is 22.3 Å². The van der Waals surface area contributed by atoms with E-state index in [2.05, 4.69) is 263 Å². The Balaban J connectivity index is 0.876. The van der Waals surface area contributed by atoms with Gasteiger partial charge in [-0.15, -0.1) is 11.3 Å². The minimum Gasteiger partial charge on any atom is -0.456 e. The zero-order valence-corrected chi connectivity index (χ0v) is 40.3. The van der Waals surface area contributed by atoms with Crippen LogP contribution in [-0.4, -0.2) is 0 Å². The monoisotopic (exact) mass is 949 g/mol. The largest absolute Gasteiger partial charge is 0.456 e. The van der Waals surface area contributed by atoms with E-state index in [1.165, 1.54) is 69.8 Å². The number of thiophene rings is 1. The average Bonchev–Trinajstić information content (AvgIpc) is 4.02. The predicted molar refractivity (Wildman–Crippen MR) is 310 cm³/mol. The Hall–Kier alpha value is -9.42. The normalized spacial score (nSPS) is 12.1. The zero-order chi connectivity index (χ0) is 48.0. The van der Waals surface area contributed by atoms with Crippen molar-refractivity contribution < 1.29 is 4.42 Å². The smallest absolute Gasteiger partial charge is 0.135 e. The molecule has 14 aromatic rings. The molecule has 4 nitrogen and oxygen atoms in total. The molecule has 0 radical (unpaired) electrons. The van der Waals surface area contributed by atoms with Crippen LogP contribution in [0.1, 0.15) is 0 Å². The zero-order valence-electron chi connectivity index (χ0n) is 39.5. The average molecular weight is 950 g/mol. The Bertz CT molecular complexity index is 4410. The third-order valence-electron chi connectivity index (χ3n) is 14.7. The first-order chi connectivity index (χ1) is 36.2. The van der Waals surface area contributed by atoms with Gasteiger partial charge in [0.25, 0.3) is 0 Å². The molecule has 0 aliphatic carbocycles. The van der Waals surface area contributed by atoms with Crippen molar-refractivity contribution in [1.29, 1.82) is 0 Å². The molecule has 0 amide bonds. The maximum atomic E-state index is 6.24. The highest BCUT2D eigenvalue weighted by atomic mass is 32.1. The third-order valence-corrected chi connectivity index (χ3v) is 15.9. The van der Waals surface area contributed by atoms with Gasteiger partial charge in [0.15, 0.2) is 0 Å². The second-order valence-electron chi connectivity index (χ2n) is 18.8. The van der Waals surface area contributed by atoms with Gasteiger partial charge < -0.3 is 19.1 Å². The fourth-order valence-electron chi connectivity index (χ4n) is 11.5. The van der Waals surface area contributed by atoms with Gasteiger partial charge in [0.2, 0.25) is 0 Å². The molecule has 15 rings (SSSR count). The summed E-state index contributed by atoms with van der Waals surface area (Å²) in [6.45, 7) is 0. The van der Waals surface area contributed by atoms with Gasteiger partial charge in [-0.05, 0) is 154 Å². The summed E-state index contributed by atoms with van der Waals surface area (Å²) in [5, 5.41) is 9.65. The van der Waals surface area contributed by atoms with Gasteiger partial charge in [0.05, 0.1) is 11.4 Å². The van der Waals surface area contributed by atoms with Crippen LogP contribution in [0, 0.1) is 0 Å². The summed E-state index contributed by atoms with van der Waals surface area (Å²) >= 11 is 1.86. The number of furan rings is 1. The second kappa shape index (κ2) is 16.6. The molecule has 1 aliphatic heterocycles. The standard InChI is InChI=1S/C68H43N3OS/c1-4-16-46(17-5-1)69(47-18-6-2-7-19-47)51-33-39-65-59(42-51)60-43-52(34-40-66(60)73-65)71-61-36-29-44-15-10-11-22-54(44)67(61)57-25-14-24-56-53(35-37-62(71)68(56)57)45-27-30-49(31-28-45)70(48-20-8-3-9-21-48)50-32-38-64-58(41-50)55-23-12-13-26-63(55)72-64/h1-43H. The lowest BCUT2D eigenvalue weighted by Gasteiger charge is -2.35. The van der Waals surface area contributed by atoms with Gasteiger partial charge in [-0.25, -0.2) is 0 Å². The van der Waals surface area contributed by atoms with Gasteiger partial charge in [-0.2, -0.15) is 0 Å². The van der Waals surface area contributed by atoms with Crippen molar-refractivity contribution in [2.45, 2.75) is 0 Å². The lowest BCUT2D eigenvalue weighted by molar-refractivity contribution is 0.669. The number of para-hydroxylation sites is 4. The summed E-state index contributed by atoms with van der Waals surface area (Å²) in [6, 6.07) is 94.8. The molecule has 2 aromatic heterocycles. The van der Waals surface area contributed by atoms with Crippen molar-refractivity contribution >= 4 is 126 Å². The SMILES string of the molecule is c1ccc(N(c2ccc(-c3ccc4c5c(cccc35)-c3c(ccc5ccccc35)N4c3ccc4sc5ccc(N(c6ccccc6)c6ccccc6)cc5c4c3)cc2)c2ccc3oc4ccccc4c3c2)cc1. The number of rotatable bonds is 8. The molecule has 73 heavy (non-hydrogen) atoms. The molecule has 0 saturated heterocycles. The van der Waals surface area contributed by atoms with Crippen LogP contribution in [-0.2, 0) is 0 Å². The lowest BCUT2D eigenvalue weighted by atomic mass is 9.85. The van der Waals surface area contributed by atoms with E-state index >= 15 is 0 Å². The van der Waals surface area contributed by atoms with Crippen LogP contribution in [0.3, 0.4) is 0 Å². The Morgan fingerprint density at radius 3 is 1.60 bits per heavy atom. The van der Waals surface area contributed by atoms with E-state index in [0.717, 1.165) is 67.3 Å². The first-order valence-corrected chi connectivity index (χ1v) is 25.6. The van der Waals surface area contributed by atoms with Crippen LogP contribution in [0.15, 0.2) is 265 Å².